The molecular weight excluding hydrogens is 361 g/mol. The highest BCUT2D eigenvalue weighted by atomic mass is 19.1. The minimum Gasteiger partial charge on any atom is -0.368 e. The summed E-state index contributed by atoms with van der Waals surface area (Å²) >= 11 is 0. The van der Waals surface area contributed by atoms with Crippen molar-refractivity contribution in [3.05, 3.63) is 71.5 Å². The Bertz CT molecular complexity index is 827. The molecule has 4 N–H and O–H groups in total. The number of amides is 3. The van der Waals surface area contributed by atoms with Crippen molar-refractivity contribution in [3.8, 4) is 0 Å². The zero-order chi connectivity index (χ0) is 20.5. The summed E-state index contributed by atoms with van der Waals surface area (Å²) in [6.45, 7) is 1.28. The number of benzene rings is 2. The van der Waals surface area contributed by atoms with Crippen LogP contribution in [0.4, 0.5) is 4.39 Å². The van der Waals surface area contributed by atoms with Gasteiger partial charge in [0, 0.05) is 13.3 Å². The second-order valence-electron chi connectivity index (χ2n) is 6.57. The van der Waals surface area contributed by atoms with E-state index in [4.69, 9.17) is 5.73 Å². The first-order chi connectivity index (χ1) is 13.3. The Hall–Kier alpha value is -3.22. The first kappa shape index (κ1) is 21.1. The molecule has 0 unspecified atom stereocenters. The maximum atomic E-state index is 13.4. The molecular formula is C21H24FN3O3. The summed E-state index contributed by atoms with van der Waals surface area (Å²) in [6, 6.07) is 13.5. The van der Waals surface area contributed by atoms with Crippen LogP contribution in [-0.4, -0.2) is 29.8 Å². The Balaban J connectivity index is 2.05. The van der Waals surface area contributed by atoms with Gasteiger partial charge in [-0.3, -0.25) is 14.4 Å². The van der Waals surface area contributed by atoms with E-state index in [9.17, 15) is 18.8 Å². The van der Waals surface area contributed by atoms with Gasteiger partial charge >= 0.3 is 0 Å². The van der Waals surface area contributed by atoms with E-state index in [0.717, 1.165) is 5.56 Å². The van der Waals surface area contributed by atoms with Crippen molar-refractivity contribution in [1.82, 2.24) is 10.6 Å². The fourth-order valence-electron chi connectivity index (χ4n) is 2.87. The molecule has 0 bridgehead atoms. The summed E-state index contributed by atoms with van der Waals surface area (Å²) in [7, 11) is 0. The molecule has 148 valence electrons. The third kappa shape index (κ3) is 6.83. The molecule has 0 spiro atoms. The van der Waals surface area contributed by atoms with Gasteiger partial charge in [0.05, 0.1) is 0 Å². The first-order valence-electron chi connectivity index (χ1n) is 9.00. The average Bonchev–Trinajstić information content (AvgIpc) is 2.64. The van der Waals surface area contributed by atoms with Gasteiger partial charge in [0.15, 0.2) is 0 Å². The lowest BCUT2D eigenvalue weighted by Gasteiger charge is -2.21. The third-order valence-corrected chi connectivity index (χ3v) is 4.25. The number of primary amides is 1. The molecule has 0 aliphatic carbocycles. The third-order valence-electron chi connectivity index (χ3n) is 4.25. The van der Waals surface area contributed by atoms with Crippen LogP contribution in [0.3, 0.4) is 0 Å². The molecule has 7 heteroatoms. The van der Waals surface area contributed by atoms with Crippen molar-refractivity contribution >= 4 is 17.7 Å². The Kier molecular flexibility index (Phi) is 7.68. The van der Waals surface area contributed by atoms with E-state index in [2.05, 4.69) is 10.6 Å². The lowest BCUT2D eigenvalue weighted by atomic mass is 10.0. The molecule has 2 aromatic carbocycles. The summed E-state index contributed by atoms with van der Waals surface area (Å²) in [5.41, 5.74) is 7.00. The van der Waals surface area contributed by atoms with E-state index < -0.39 is 35.6 Å². The predicted octanol–water partition coefficient (Wildman–Crippen LogP) is 1.48. The van der Waals surface area contributed by atoms with Crippen LogP contribution in [0.15, 0.2) is 54.6 Å². The van der Waals surface area contributed by atoms with Crippen LogP contribution < -0.4 is 16.4 Å². The standard InChI is InChI=1S/C21H24FN3O3/c1-14(26)24-19(13-16-8-5-9-17(22)12-16)21(28)25-18(20(23)27)11-10-15-6-3-2-4-7-15/h2-9,12,18-19H,10-11,13H2,1H3,(H2,23,27)(H,24,26)(H,25,28)/t18-,19-/m1/s1. The van der Waals surface area contributed by atoms with Crippen LogP contribution in [-0.2, 0) is 27.2 Å². The zero-order valence-corrected chi connectivity index (χ0v) is 15.7. The van der Waals surface area contributed by atoms with Crippen molar-refractivity contribution in [2.45, 2.75) is 38.3 Å². The molecule has 0 heterocycles. The Labute approximate surface area is 163 Å². The highest BCUT2D eigenvalue weighted by Crippen LogP contribution is 2.09. The van der Waals surface area contributed by atoms with Gasteiger partial charge in [0.1, 0.15) is 17.9 Å². The van der Waals surface area contributed by atoms with E-state index in [1.807, 2.05) is 30.3 Å². The van der Waals surface area contributed by atoms with Crippen molar-refractivity contribution in [1.29, 1.82) is 0 Å². The van der Waals surface area contributed by atoms with Gasteiger partial charge in [-0.25, -0.2) is 4.39 Å². The number of carbonyl (C=O) groups is 3. The predicted molar refractivity (Wildman–Crippen MR) is 104 cm³/mol. The second kappa shape index (κ2) is 10.2. The molecule has 2 atom stereocenters. The van der Waals surface area contributed by atoms with Gasteiger partial charge in [-0.1, -0.05) is 42.5 Å². The lowest BCUT2D eigenvalue weighted by molar-refractivity contribution is -0.130. The fraction of sp³-hybridized carbons (Fsp3) is 0.286. The summed E-state index contributed by atoms with van der Waals surface area (Å²) in [5, 5.41) is 5.15. The second-order valence-corrected chi connectivity index (χ2v) is 6.57. The largest absolute Gasteiger partial charge is 0.368 e. The molecule has 0 saturated carbocycles. The summed E-state index contributed by atoms with van der Waals surface area (Å²) < 4.78 is 13.4. The van der Waals surface area contributed by atoms with Crippen LogP contribution in [0.25, 0.3) is 0 Å². The van der Waals surface area contributed by atoms with Gasteiger partial charge in [0.25, 0.3) is 0 Å². The molecule has 28 heavy (non-hydrogen) atoms. The van der Waals surface area contributed by atoms with Crippen LogP contribution >= 0.6 is 0 Å². The number of rotatable bonds is 9. The van der Waals surface area contributed by atoms with Gasteiger partial charge in [-0.15, -0.1) is 0 Å². The van der Waals surface area contributed by atoms with E-state index in [1.165, 1.54) is 25.1 Å². The van der Waals surface area contributed by atoms with Crippen molar-refractivity contribution in [2.24, 2.45) is 5.73 Å². The number of aryl methyl sites for hydroxylation is 1. The molecule has 3 amide bonds. The molecule has 0 aromatic heterocycles. The lowest BCUT2D eigenvalue weighted by Crippen LogP contribution is -2.53. The number of nitrogens with one attached hydrogen (secondary N) is 2. The Morgan fingerprint density at radius 1 is 0.964 bits per heavy atom. The molecule has 0 aliphatic heterocycles. The monoisotopic (exact) mass is 385 g/mol. The molecule has 6 nitrogen and oxygen atoms in total. The van der Waals surface area contributed by atoms with Gasteiger partial charge in [0.2, 0.25) is 17.7 Å². The molecule has 2 aromatic rings. The van der Waals surface area contributed by atoms with Gasteiger partial charge in [-0.05, 0) is 36.1 Å². The number of hydrogen-bond donors (Lipinski definition) is 3. The summed E-state index contributed by atoms with van der Waals surface area (Å²) in [4.78, 5) is 35.9. The van der Waals surface area contributed by atoms with Crippen molar-refractivity contribution in [3.63, 3.8) is 0 Å². The summed E-state index contributed by atoms with van der Waals surface area (Å²) in [5.74, 6) is -2.04. The SMILES string of the molecule is CC(=O)N[C@H](Cc1cccc(F)c1)C(=O)N[C@H](CCc1ccccc1)C(N)=O. The molecule has 0 aliphatic rings. The van der Waals surface area contributed by atoms with Gasteiger partial charge < -0.3 is 16.4 Å². The minimum atomic E-state index is -0.946. The van der Waals surface area contributed by atoms with Crippen molar-refractivity contribution < 1.29 is 18.8 Å². The maximum Gasteiger partial charge on any atom is 0.243 e. The van der Waals surface area contributed by atoms with E-state index >= 15 is 0 Å². The first-order valence-corrected chi connectivity index (χ1v) is 9.00. The normalized spacial score (nSPS) is 12.6. The molecule has 0 saturated heterocycles. The van der Waals surface area contributed by atoms with Crippen LogP contribution in [0.1, 0.15) is 24.5 Å². The smallest absolute Gasteiger partial charge is 0.243 e. The van der Waals surface area contributed by atoms with Gasteiger partial charge in [-0.2, -0.15) is 0 Å². The highest BCUT2D eigenvalue weighted by molar-refractivity contribution is 5.91. The van der Waals surface area contributed by atoms with E-state index in [-0.39, 0.29) is 6.42 Å². The number of hydrogen-bond acceptors (Lipinski definition) is 3. The molecule has 0 radical (unpaired) electrons. The van der Waals surface area contributed by atoms with Crippen LogP contribution in [0.5, 0.6) is 0 Å². The fourth-order valence-corrected chi connectivity index (χ4v) is 2.87. The topological polar surface area (TPSA) is 101 Å². The van der Waals surface area contributed by atoms with Crippen LogP contribution in [0.2, 0.25) is 0 Å². The van der Waals surface area contributed by atoms with E-state index in [1.54, 1.807) is 6.07 Å². The molecule has 0 fully saturated rings. The zero-order valence-electron chi connectivity index (χ0n) is 15.7. The average molecular weight is 385 g/mol. The van der Waals surface area contributed by atoms with E-state index in [0.29, 0.717) is 18.4 Å². The quantitative estimate of drug-likeness (QED) is 0.609. The highest BCUT2D eigenvalue weighted by Gasteiger charge is 2.25. The summed E-state index contributed by atoms with van der Waals surface area (Å²) in [6.07, 6.45) is 0.981. The Morgan fingerprint density at radius 3 is 2.25 bits per heavy atom. The number of carbonyl (C=O) groups excluding carboxylic acids is 3. The Morgan fingerprint density at radius 2 is 1.64 bits per heavy atom. The van der Waals surface area contributed by atoms with Crippen LogP contribution in [0, 0.1) is 5.82 Å². The maximum absolute atomic E-state index is 13.4. The van der Waals surface area contributed by atoms with Crippen molar-refractivity contribution in [2.75, 3.05) is 0 Å². The number of nitrogens with two attached hydrogens (primary N) is 1. The molecule has 2 rings (SSSR count). The minimum absolute atomic E-state index is 0.0906. The number of halogens is 1.